The van der Waals surface area contributed by atoms with E-state index in [1.165, 1.54) is 6.92 Å². The van der Waals surface area contributed by atoms with Gasteiger partial charge in [-0.15, -0.1) is 0 Å². The highest BCUT2D eigenvalue weighted by Gasteiger charge is 2.67. The molecule has 0 aromatic heterocycles. The lowest BCUT2D eigenvalue weighted by Gasteiger charge is -2.49. The molecule has 1 aromatic carbocycles. The summed E-state index contributed by atoms with van der Waals surface area (Å²) < 4.78 is 45.4. The van der Waals surface area contributed by atoms with Crippen LogP contribution in [-0.4, -0.2) is 61.4 Å². The molecule has 6 N–H and O–H groups in total. The Morgan fingerprint density at radius 1 is 1.16 bits per heavy atom. The van der Waals surface area contributed by atoms with E-state index in [4.69, 9.17) is 10.5 Å². The maximum absolute atomic E-state index is 13.5. The van der Waals surface area contributed by atoms with Gasteiger partial charge in [0.25, 0.3) is 5.91 Å². The van der Waals surface area contributed by atoms with Gasteiger partial charge in [0.2, 0.25) is 5.78 Å². The first-order chi connectivity index (χ1) is 17.1. The Bertz CT molecular complexity index is 1380. The minimum Gasteiger partial charge on any atom is -0.508 e. The number of aliphatic hydroxyl groups excluding tert-OH is 2. The van der Waals surface area contributed by atoms with Crippen molar-refractivity contribution in [2.45, 2.75) is 37.6 Å². The fourth-order valence-corrected chi connectivity index (χ4v) is 5.06. The summed E-state index contributed by atoms with van der Waals surface area (Å²) in [6.45, 7) is 1.35. The maximum atomic E-state index is 13.5. The molecule has 0 saturated heterocycles. The number of phenols is 1. The molecule has 14 heteroatoms. The summed E-state index contributed by atoms with van der Waals surface area (Å²) in [5.74, 6) is -14.8. The third-order valence-electron chi connectivity index (χ3n) is 6.77. The molecule has 4 rings (SSSR count). The number of hydrogen-bond acceptors (Lipinski definition) is 10. The molecule has 0 bridgehead atoms. The van der Waals surface area contributed by atoms with E-state index in [1.807, 2.05) is 0 Å². The van der Waals surface area contributed by atoms with Crippen LogP contribution in [0.4, 0.5) is 13.2 Å². The largest absolute Gasteiger partial charge is 0.508 e. The summed E-state index contributed by atoms with van der Waals surface area (Å²) in [6.07, 6.45) is -8.24. The van der Waals surface area contributed by atoms with Gasteiger partial charge in [0.15, 0.2) is 17.2 Å². The lowest BCUT2D eigenvalue weighted by molar-refractivity contribution is -0.175. The van der Waals surface area contributed by atoms with Crippen molar-refractivity contribution in [2.24, 2.45) is 17.6 Å². The van der Waals surface area contributed by atoms with Crippen molar-refractivity contribution < 1.29 is 62.3 Å². The number of primary amides is 1. The van der Waals surface area contributed by atoms with E-state index in [0.717, 1.165) is 0 Å². The third-order valence-corrected chi connectivity index (χ3v) is 6.77. The number of benzene rings is 1. The molecule has 0 aliphatic heterocycles. The van der Waals surface area contributed by atoms with E-state index in [2.05, 4.69) is 0 Å². The first-order valence-electron chi connectivity index (χ1n) is 10.7. The fraction of sp³-hybridized carbons (Fsp3) is 0.348. The van der Waals surface area contributed by atoms with Crippen LogP contribution < -0.4 is 5.73 Å². The number of aliphatic hydroxyl groups is 3. The number of carbonyl (C=O) groups is 5. The number of nitrogens with two attached hydrogens (primary N) is 1. The summed E-state index contributed by atoms with van der Waals surface area (Å²) in [7, 11) is 0. The minimum atomic E-state index is -5.13. The average Bonchev–Trinajstić information content (AvgIpc) is 2.79. The zero-order valence-corrected chi connectivity index (χ0v) is 18.8. The number of hydrogen-bond donors (Lipinski definition) is 5. The SMILES string of the molecule is CCC(=O)O[C@H]1[C@@H]2C(=O)c3ccc(C(F)(F)F)c(O)c3C(O)=C2C(=O)[C@]2(O)C(O)=C(C(N)=O)C(=O)C[C@H]12. The molecule has 196 valence electrons. The molecule has 1 fully saturated rings. The second-order valence-corrected chi connectivity index (χ2v) is 8.71. The van der Waals surface area contributed by atoms with Gasteiger partial charge in [0.05, 0.1) is 22.6 Å². The number of carbonyl (C=O) groups excluding carboxylic acids is 5. The highest BCUT2D eigenvalue weighted by Crippen LogP contribution is 2.54. The lowest BCUT2D eigenvalue weighted by atomic mass is 9.57. The van der Waals surface area contributed by atoms with Gasteiger partial charge in [-0.2, -0.15) is 13.2 Å². The first-order valence-corrected chi connectivity index (χ1v) is 10.7. The molecule has 0 radical (unpaired) electrons. The van der Waals surface area contributed by atoms with Crippen LogP contribution in [0.5, 0.6) is 5.75 Å². The van der Waals surface area contributed by atoms with Gasteiger partial charge in [-0.25, -0.2) is 0 Å². The highest BCUT2D eigenvalue weighted by molar-refractivity contribution is 6.25. The van der Waals surface area contributed by atoms with Crippen molar-refractivity contribution in [1.29, 1.82) is 0 Å². The average molecular weight is 525 g/mol. The van der Waals surface area contributed by atoms with Crippen LogP contribution in [0.2, 0.25) is 0 Å². The van der Waals surface area contributed by atoms with E-state index in [-0.39, 0.29) is 6.42 Å². The quantitative estimate of drug-likeness (QED) is 0.280. The number of phenolic OH excluding ortho intramolecular Hbond substituents is 1. The molecule has 11 nitrogen and oxygen atoms in total. The summed E-state index contributed by atoms with van der Waals surface area (Å²) >= 11 is 0. The second kappa shape index (κ2) is 8.16. The Kier molecular flexibility index (Phi) is 5.71. The number of ether oxygens (including phenoxy) is 1. The number of ketones is 3. The third kappa shape index (κ3) is 3.43. The Morgan fingerprint density at radius 2 is 1.78 bits per heavy atom. The van der Waals surface area contributed by atoms with Crippen LogP contribution in [0.3, 0.4) is 0 Å². The van der Waals surface area contributed by atoms with E-state index in [1.54, 1.807) is 0 Å². The van der Waals surface area contributed by atoms with Crippen molar-refractivity contribution >= 4 is 35.0 Å². The Hall–Kier alpha value is -4.20. The number of halogens is 3. The van der Waals surface area contributed by atoms with Gasteiger partial charge in [0, 0.05) is 24.3 Å². The highest BCUT2D eigenvalue weighted by atomic mass is 19.4. The van der Waals surface area contributed by atoms with Gasteiger partial charge in [0.1, 0.15) is 28.9 Å². The number of alkyl halides is 3. The van der Waals surface area contributed by atoms with Crippen molar-refractivity contribution in [3.63, 3.8) is 0 Å². The molecule has 37 heavy (non-hydrogen) atoms. The topological polar surface area (TPSA) is 202 Å². The number of esters is 1. The van der Waals surface area contributed by atoms with Crippen LogP contribution in [0.1, 0.15) is 41.3 Å². The van der Waals surface area contributed by atoms with Gasteiger partial charge in [-0.3, -0.25) is 24.0 Å². The molecule has 0 unspecified atom stereocenters. The molecule has 0 heterocycles. The number of fused-ring (bicyclic) bond motifs is 3. The number of rotatable bonds is 3. The Morgan fingerprint density at radius 3 is 2.32 bits per heavy atom. The van der Waals surface area contributed by atoms with Crippen molar-refractivity contribution in [2.75, 3.05) is 0 Å². The van der Waals surface area contributed by atoms with Gasteiger partial charge >= 0.3 is 12.1 Å². The van der Waals surface area contributed by atoms with Gasteiger partial charge in [-0.05, 0) is 12.1 Å². The number of amides is 1. The van der Waals surface area contributed by atoms with Crippen LogP contribution in [0.15, 0.2) is 29.0 Å². The molecule has 1 saturated carbocycles. The zero-order chi connectivity index (χ0) is 27.8. The van der Waals surface area contributed by atoms with Gasteiger partial charge < -0.3 is 30.9 Å². The molecular weight excluding hydrogens is 507 g/mol. The number of Topliss-reactive ketones (excluding diaryl/α,β-unsaturated/α-hetero) is 3. The van der Waals surface area contributed by atoms with E-state index in [0.29, 0.717) is 12.1 Å². The van der Waals surface area contributed by atoms with E-state index in [9.17, 15) is 57.6 Å². The number of aromatic hydroxyl groups is 1. The smallest absolute Gasteiger partial charge is 0.419 e. The van der Waals surface area contributed by atoms with Crippen molar-refractivity contribution in [1.82, 2.24) is 0 Å². The second-order valence-electron chi connectivity index (χ2n) is 8.71. The summed E-state index contributed by atoms with van der Waals surface area (Å²) in [6, 6.07) is 1.02. The Balaban J connectivity index is 2.07. The van der Waals surface area contributed by atoms with Crippen LogP contribution >= 0.6 is 0 Å². The first kappa shape index (κ1) is 25.9. The summed E-state index contributed by atoms with van der Waals surface area (Å²) in [5.41, 5.74) is -3.79. The van der Waals surface area contributed by atoms with Crippen molar-refractivity contribution in [3.8, 4) is 5.75 Å². The predicted octanol–water partition coefficient (Wildman–Crippen LogP) is 1.01. The molecule has 1 amide bonds. The normalized spacial score (nSPS) is 27.5. The van der Waals surface area contributed by atoms with E-state index < -0.39 is 110 Å². The van der Waals surface area contributed by atoms with Crippen molar-refractivity contribution in [3.05, 3.63) is 45.7 Å². The standard InChI is InChI=1S/C23H18F3NO10/c1-2-10(29)37-18-8-5-9(28)12(21(27)35)19(33)22(8,36)20(34)14-13(18)15(30)6-3-4-7(23(24,25)26)16(31)11(6)17(14)32/h3-4,8,13,18,31-33,36H,2,5H2,1H3,(H2,27,35)/t8-,13+,18-,22-/m1/s1. The Labute approximate surface area is 204 Å². The molecular formula is C23H18F3NO10. The predicted molar refractivity (Wildman–Crippen MR) is 113 cm³/mol. The van der Waals surface area contributed by atoms with Crippen LogP contribution in [0, 0.1) is 11.8 Å². The lowest BCUT2D eigenvalue weighted by Crippen LogP contribution is -2.65. The molecule has 4 atom stereocenters. The maximum Gasteiger partial charge on any atom is 0.419 e. The fourth-order valence-electron chi connectivity index (χ4n) is 5.06. The molecule has 3 aliphatic rings. The monoisotopic (exact) mass is 525 g/mol. The van der Waals surface area contributed by atoms with Crippen LogP contribution in [0.25, 0.3) is 5.76 Å². The van der Waals surface area contributed by atoms with Crippen LogP contribution in [-0.2, 0) is 30.1 Å². The minimum absolute atomic E-state index is 0.295. The zero-order valence-electron chi connectivity index (χ0n) is 18.8. The summed E-state index contributed by atoms with van der Waals surface area (Å²) in [5, 5.41) is 43.2. The molecule has 3 aliphatic carbocycles. The van der Waals surface area contributed by atoms with Gasteiger partial charge in [-0.1, -0.05) is 6.92 Å². The summed E-state index contributed by atoms with van der Waals surface area (Å²) in [4.78, 5) is 63.5. The molecule has 1 aromatic rings. The van der Waals surface area contributed by atoms with E-state index >= 15 is 0 Å². The molecule has 0 spiro atoms.